The zero-order valence-electron chi connectivity index (χ0n) is 15.5. The van der Waals surface area contributed by atoms with E-state index in [0.29, 0.717) is 41.3 Å². The highest BCUT2D eigenvalue weighted by Crippen LogP contribution is 2.57. The minimum absolute atomic E-state index is 0.110. The quantitative estimate of drug-likeness (QED) is 0.556. The molecule has 0 radical (unpaired) electrons. The van der Waals surface area contributed by atoms with Gasteiger partial charge in [0, 0.05) is 24.7 Å². The fraction of sp³-hybridized carbons (Fsp3) is 0.579. The molecule has 9 nitrogen and oxygen atoms in total. The van der Waals surface area contributed by atoms with Crippen LogP contribution in [0.4, 0.5) is 0 Å². The number of amides is 1. The Morgan fingerprint density at radius 1 is 1.46 bits per heavy atom. The molecule has 9 heteroatoms. The second-order valence-electron chi connectivity index (χ2n) is 7.92. The Labute approximate surface area is 161 Å². The fourth-order valence-electron chi connectivity index (χ4n) is 4.62. The SMILES string of the molecule is O=C(NC(CO)C1CCOCC1)c1nn(-c2c[n+]([O-])ccn2)c2c1C[C@H]1C[C@@H]21. The van der Waals surface area contributed by atoms with Gasteiger partial charge in [-0.25, -0.2) is 9.67 Å². The van der Waals surface area contributed by atoms with Gasteiger partial charge < -0.3 is 20.4 Å². The third kappa shape index (κ3) is 2.94. The van der Waals surface area contributed by atoms with Crippen LogP contribution < -0.4 is 10.0 Å². The molecular weight excluding hydrogens is 362 g/mol. The maximum Gasteiger partial charge on any atom is 0.272 e. The van der Waals surface area contributed by atoms with E-state index in [1.807, 2.05) is 0 Å². The number of ether oxygens (including phenoxy) is 1. The van der Waals surface area contributed by atoms with E-state index in [2.05, 4.69) is 15.4 Å². The van der Waals surface area contributed by atoms with Crippen LogP contribution in [0.3, 0.4) is 0 Å². The van der Waals surface area contributed by atoms with Crippen LogP contribution in [0.1, 0.15) is 46.9 Å². The summed E-state index contributed by atoms with van der Waals surface area (Å²) in [7, 11) is 0. The molecule has 0 spiro atoms. The first-order chi connectivity index (χ1) is 13.7. The Kier molecular flexibility index (Phi) is 4.28. The summed E-state index contributed by atoms with van der Waals surface area (Å²) in [5, 5.41) is 29.0. The average molecular weight is 385 g/mol. The van der Waals surface area contributed by atoms with Crippen LogP contribution in [-0.2, 0) is 11.2 Å². The summed E-state index contributed by atoms with van der Waals surface area (Å²) in [5.41, 5.74) is 2.33. The second kappa shape index (κ2) is 6.82. The lowest BCUT2D eigenvalue weighted by molar-refractivity contribution is -0.605. The predicted molar refractivity (Wildman–Crippen MR) is 96.8 cm³/mol. The van der Waals surface area contributed by atoms with Crippen molar-refractivity contribution >= 4 is 5.91 Å². The second-order valence-corrected chi connectivity index (χ2v) is 7.92. The zero-order valence-corrected chi connectivity index (χ0v) is 15.5. The lowest BCUT2D eigenvalue weighted by atomic mass is 9.92. The van der Waals surface area contributed by atoms with Gasteiger partial charge in [0.1, 0.15) is 0 Å². The lowest BCUT2D eigenvalue weighted by Crippen LogP contribution is -2.45. The van der Waals surface area contributed by atoms with Crippen molar-refractivity contribution in [3.8, 4) is 5.82 Å². The first kappa shape index (κ1) is 17.6. The van der Waals surface area contributed by atoms with Crippen LogP contribution in [0, 0.1) is 17.0 Å². The number of hydrogen-bond donors (Lipinski definition) is 2. The molecule has 1 saturated carbocycles. The maximum atomic E-state index is 13.0. The molecule has 148 valence electrons. The minimum Gasteiger partial charge on any atom is -0.619 e. The molecule has 0 bridgehead atoms. The first-order valence-electron chi connectivity index (χ1n) is 9.82. The van der Waals surface area contributed by atoms with Crippen LogP contribution in [0.5, 0.6) is 0 Å². The number of carbonyl (C=O) groups is 1. The molecule has 28 heavy (non-hydrogen) atoms. The van der Waals surface area contributed by atoms with Crippen molar-refractivity contribution in [3.05, 3.63) is 40.7 Å². The Bertz CT molecular complexity index is 908. The monoisotopic (exact) mass is 385 g/mol. The van der Waals surface area contributed by atoms with Gasteiger partial charge in [-0.1, -0.05) is 0 Å². The van der Waals surface area contributed by atoms with Crippen LogP contribution >= 0.6 is 0 Å². The number of nitrogens with one attached hydrogen (secondary N) is 1. The first-order valence-corrected chi connectivity index (χ1v) is 9.82. The van der Waals surface area contributed by atoms with Crippen molar-refractivity contribution < 1.29 is 19.4 Å². The van der Waals surface area contributed by atoms with Gasteiger partial charge in [-0.15, -0.1) is 0 Å². The molecule has 3 heterocycles. The molecule has 0 aromatic carbocycles. The number of rotatable bonds is 5. The van der Waals surface area contributed by atoms with Crippen LogP contribution in [0.25, 0.3) is 5.82 Å². The van der Waals surface area contributed by atoms with E-state index in [1.54, 1.807) is 4.68 Å². The van der Waals surface area contributed by atoms with Crippen LogP contribution in [0.15, 0.2) is 18.6 Å². The number of nitrogens with zero attached hydrogens (tertiary/aromatic N) is 4. The topological polar surface area (TPSA) is 116 Å². The zero-order chi connectivity index (χ0) is 19.3. The van der Waals surface area contributed by atoms with Gasteiger partial charge >= 0.3 is 0 Å². The summed E-state index contributed by atoms with van der Waals surface area (Å²) in [4.78, 5) is 17.3. The van der Waals surface area contributed by atoms with E-state index in [-0.39, 0.29) is 24.5 Å². The number of aromatic nitrogens is 4. The van der Waals surface area contributed by atoms with Crippen molar-refractivity contribution in [2.75, 3.05) is 19.8 Å². The van der Waals surface area contributed by atoms with E-state index in [4.69, 9.17) is 4.74 Å². The summed E-state index contributed by atoms with van der Waals surface area (Å²) < 4.78 is 7.71. The Morgan fingerprint density at radius 3 is 3.04 bits per heavy atom. The average Bonchev–Trinajstić information content (AvgIpc) is 3.21. The highest BCUT2D eigenvalue weighted by Gasteiger charge is 2.50. The molecule has 5 rings (SSSR count). The molecule has 2 aliphatic carbocycles. The van der Waals surface area contributed by atoms with Crippen molar-refractivity contribution in [2.45, 2.75) is 37.6 Å². The highest BCUT2D eigenvalue weighted by molar-refractivity contribution is 5.94. The highest BCUT2D eigenvalue weighted by atomic mass is 16.5. The van der Waals surface area contributed by atoms with Crippen LogP contribution in [0.2, 0.25) is 0 Å². The molecule has 1 saturated heterocycles. The third-order valence-corrected chi connectivity index (χ3v) is 6.21. The van der Waals surface area contributed by atoms with Crippen molar-refractivity contribution in [2.24, 2.45) is 11.8 Å². The summed E-state index contributed by atoms with van der Waals surface area (Å²) >= 11 is 0. The van der Waals surface area contributed by atoms with E-state index in [9.17, 15) is 15.1 Å². The van der Waals surface area contributed by atoms with Gasteiger partial charge in [-0.05, 0) is 37.5 Å². The summed E-state index contributed by atoms with van der Waals surface area (Å²) in [6.45, 7) is 1.19. The number of aliphatic hydroxyl groups excluding tert-OH is 1. The Morgan fingerprint density at radius 2 is 2.29 bits per heavy atom. The molecule has 2 fully saturated rings. The van der Waals surface area contributed by atoms with Crippen molar-refractivity contribution in [1.29, 1.82) is 0 Å². The summed E-state index contributed by atoms with van der Waals surface area (Å²) in [6.07, 6.45) is 7.67. The molecule has 1 amide bonds. The van der Waals surface area contributed by atoms with Gasteiger partial charge in [0.05, 0.1) is 24.5 Å². The van der Waals surface area contributed by atoms with Crippen LogP contribution in [-0.4, -0.2) is 51.6 Å². The number of hydrogen-bond acceptors (Lipinski definition) is 6. The third-order valence-electron chi connectivity index (χ3n) is 6.21. The molecule has 2 N–H and O–H groups in total. The molecule has 2 aromatic rings. The number of carbonyl (C=O) groups excluding carboxylic acids is 1. The molecule has 1 aliphatic heterocycles. The molecule has 2 aromatic heterocycles. The molecular formula is C19H23N5O4. The summed E-state index contributed by atoms with van der Waals surface area (Å²) in [6, 6.07) is -0.313. The Hall–Kier alpha value is -2.52. The number of aliphatic hydroxyl groups is 1. The van der Waals surface area contributed by atoms with Gasteiger partial charge in [0.25, 0.3) is 5.91 Å². The van der Waals surface area contributed by atoms with Crippen molar-refractivity contribution in [1.82, 2.24) is 20.1 Å². The van der Waals surface area contributed by atoms with Gasteiger partial charge in [-0.3, -0.25) is 4.79 Å². The van der Waals surface area contributed by atoms with Gasteiger partial charge in [-0.2, -0.15) is 9.83 Å². The minimum atomic E-state index is -0.313. The number of fused-ring (bicyclic) bond motifs is 3. The van der Waals surface area contributed by atoms with Gasteiger partial charge in [0.2, 0.25) is 12.0 Å². The molecule has 3 atom stereocenters. The summed E-state index contributed by atoms with van der Waals surface area (Å²) in [5.74, 6) is 1.28. The Balaban J connectivity index is 1.44. The van der Waals surface area contributed by atoms with Crippen molar-refractivity contribution in [3.63, 3.8) is 0 Å². The predicted octanol–water partition coefficient (Wildman–Crippen LogP) is 0.0776. The maximum absolute atomic E-state index is 13.0. The van der Waals surface area contributed by atoms with E-state index >= 15 is 0 Å². The normalized spacial score (nSPS) is 24.5. The smallest absolute Gasteiger partial charge is 0.272 e. The van der Waals surface area contributed by atoms with Gasteiger partial charge in [0.15, 0.2) is 11.9 Å². The molecule has 3 aliphatic rings. The van der Waals surface area contributed by atoms with E-state index in [1.165, 1.54) is 18.6 Å². The van der Waals surface area contributed by atoms with E-state index < -0.39 is 0 Å². The largest absolute Gasteiger partial charge is 0.619 e. The van der Waals surface area contributed by atoms with E-state index in [0.717, 1.165) is 36.9 Å². The molecule has 1 unspecified atom stereocenters. The standard InChI is InChI=1S/C19H23N5O4/c25-10-15(11-1-5-28-6-2-11)21-19(26)17-14-8-12-7-13(12)18(14)24(22-17)16-9-23(27)4-3-20-16/h3-4,9,11-13,15,25H,1-2,5-8,10H2,(H,21,26)/t12-,13-,15?/m1/s1. The lowest BCUT2D eigenvalue weighted by Gasteiger charge is -2.29. The fourth-order valence-corrected chi connectivity index (χ4v) is 4.62.